The van der Waals surface area contributed by atoms with Crippen LogP contribution in [0.5, 0.6) is 0 Å². The molecule has 1 unspecified atom stereocenters. The van der Waals surface area contributed by atoms with Gasteiger partial charge in [0.25, 0.3) is 0 Å². The van der Waals surface area contributed by atoms with E-state index in [4.69, 9.17) is 17.0 Å². The number of hydrogen-bond donors (Lipinski definition) is 3. The molecule has 1 aromatic rings. The molecule has 0 bridgehead atoms. The van der Waals surface area contributed by atoms with Crippen molar-refractivity contribution in [1.82, 2.24) is 5.32 Å². The highest BCUT2D eigenvalue weighted by atomic mass is 35.5. The number of halogens is 3. The second kappa shape index (κ2) is 11.4. The number of hydrogen-bond acceptors (Lipinski definition) is 3. The van der Waals surface area contributed by atoms with E-state index in [1.807, 2.05) is 31.3 Å². The smallest absolute Gasteiger partial charge is 0.0719 e. The van der Waals surface area contributed by atoms with Gasteiger partial charge < -0.3 is 15.8 Å². The highest BCUT2D eigenvalue weighted by Gasteiger charge is 2.39. The molecule has 25 heavy (non-hydrogen) atoms. The van der Waals surface area contributed by atoms with E-state index in [-0.39, 0.29) is 36.8 Å². The average Bonchev–Trinajstić information content (AvgIpc) is 2.53. The van der Waals surface area contributed by atoms with Crippen molar-refractivity contribution in [1.29, 1.82) is 5.41 Å². The Balaban J connectivity index is 0.00000288. The lowest BCUT2D eigenvalue weighted by atomic mass is 9.70. The Labute approximate surface area is 169 Å². The van der Waals surface area contributed by atoms with Crippen molar-refractivity contribution < 1.29 is 5.11 Å². The third-order valence-corrected chi connectivity index (χ3v) is 5.35. The maximum Gasteiger partial charge on any atom is 0.0719 e. The Kier molecular flexibility index (Phi) is 11.3. The molecule has 0 aromatic heterocycles. The maximum atomic E-state index is 11.3. The minimum absolute atomic E-state index is 0. The molecule has 2 rings (SSSR count). The summed E-state index contributed by atoms with van der Waals surface area (Å²) in [5.41, 5.74) is 1.04. The van der Waals surface area contributed by atoms with E-state index in [1.54, 1.807) is 0 Å². The Hall–Kier alpha value is -0.320. The van der Waals surface area contributed by atoms with Crippen molar-refractivity contribution in [2.24, 2.45) is 0 Å². The van der Waals surface area contributed by atoms with Crippen LogP contribution in [0.1, 0.15) is 63.4 Å². The fourth-order valence-corrected chi connectivity index (χ4v) is 3.85. The fraction of sp³-hybridized carbons (Fsp3) is 0.632. The zero-order valence-corrected chi connectivity index (χ0v) is 17.4. The molecule has 1 aliphatic carbocycles. The lowest BCUT2D eigenvalue weighted by molar-refractivity contribution is -0.0202. The van der Waals surface area contributed by atoms with Gasteiger partial charge in [0.2, 0.25) is 0 Å². The quantitative estimate of drug-likeness (QED) is 0.530. The van der Waals surface area contributed by atoms with Crippen LogP contribution in [0.4, 0.5) is 0 Å². The standard InChI is InChI=1S/C19H29ClN2O.2ClH/c1-14(22-2)11-17(21)13-18(15-7-6-8-16(20)12-15)19(23)9-4-3-5-10-19;;/h6-8,12,14,18,21-23H,3-5,9-11,13H2,1-2H3;2*1H/t14-,18?;;/m0../s1. The topological polar surface area (TPSA) is 56.1 Å². The number of rotatable bonds is 7. The molecule has 144 valence electrons. The summed E-state index contributed by atoms with van der Waals surface area (Å²) in [5.74, 6) is -0.0435. The van der Waals surface area contributed by atoms with Crippen molar-refractivity contribution in [3.63, 3.8) is 0 Å². The van der Waals surface area contributed by atoms with Crippen LogP contribution in [0.25, 0.3) is 0 Å². The second-order valence-electron chi connectivity index (χ2n) is 6.97. The van der Waals surface area contributed by atoms with Gasteiger partial charge in [0.1, 0.15) is 0 Å². The monoisotopic (exact) mass is 408 g/mol. The molecule has 3 nitrogen and oxygen atoms in total. The molecule has 1 aliphatic rings. The van der Waals surface area contributed by atoms with Gasteiger partial charge in [-0.05, 0) is 50.9 Å². The largest absolute Gasteiger partial charge is 0.389 e. The first-order valence-corrected chi connectivity index (χ1v) is 9.04. The van der Waals surface area contributed by atoms with Crippen LogP contribution >= 0.6 is 36.4 Å². The van der Waals surface area contributed by atoms with Crippen molar-refractivity contribution in [3.05, 3.63) is 34.9 Å². The van der Waals surface area contributed by atoms with Crippen molar-refractivity contribution >= 4 is 42.1 Å². The van der Waals surface area contributed by atoms with Crippen LogP contribution in [-0.2, 0) is 0 Å². The Morgan fingerprint density at radius 2 is 1.88 bits per heavy atom. The van der Waals surface area contributed by atoms with Crippen molar-refractivity contribution in [2.75, 3.05) is 7.05 Å². The molecular weight excluding hydrogens is 379 g/mol. The molecule has 1 fully saturated rings. The zero-order valence-electron chi connectivity index (χ0n) is 15.1. The van der Waals surface area contributed by atoms with Gasteiger partial charge in [-0.15, -0.1) is 24.8 Å². The van der Waals surface area contributed by atoms with E-state index < -0.39 is 5.60 Å². The molecule has 3 N–H and O–H groups in total. The van der Waals surface area contributed by atoms with E-state index in [9.17, 15) is 5.11 Å². The fourth-order valence-electron chi connectivity index (χ4n) is 3.66. The Bertz CT molecular complexity index is 533. The molecule has 2 atom stereocenters. The number of nitrogens with one attached hydrogen (secondary N) is 2. The summed E-state index contributed by atoms with van der Waals surface area (Å²) in [4.78, 5) is 0. The van der Waals surface area contributed by atoms with Gasteiger partial charge in [0.15, 0.2) is 0 Å². The predicted molar refractivity (Wildman–Crippen MR) is 112 cm³/mol. The Morgan fingerprint density at radius 3 is 2.44 bits per heavy atom. The van der Waals surface area contributed by atoms with Crippen molar-refractivity contribution in [3.8, 4) is 0 Å². The van der Waals surface area contributed by atoms with Gasteiger partial charge >= 0.3 is 0 Å². The van der Waals surface area contributed by atoms with Gasteiger partial charge in [0, 0.05) is 29.1 Å². The molecule has 0 aliphatic heterocycles. The third kappa shape index (κ3) is 7.07. The van der Waals surface area contributed by atoms with E-state index in [0.717, 1.165) is 31.2 Å². The van der Waals surface area contributed by atoms with Crippen LogP contribution in [0, 0.1) is 5.41 Å². The number of benzene rings is 1. The van der Waals surface area contributed by atoms with E-state index >= 15 is 0 Å². The van der Waals surface area contributed by atoms with Gasteiger partial charge in [-0.25, -0.2) is 0 Å². The first-order valence-electron chi connectivity index (χ1n) is 8.66. The molecule has 1 saturated carbocycles. The van der Waals surface area contributed by atoms with Crippen LogP contribution in [0.3, 0.4) is 0 Å². The summed E-state index contributed by atoms with van der Waals surface area (Å²) in [7, 11) is 1.92. The predicted octanol–water partition coefficient (Wildman–Crippen LogP) is 5.37. The van der Waals surface area contributed by atoms with Crippen LogP contribution < -0.4 is 5.32 Å². The highest BCUT2D eigenvalue weighted by molar-refractivity contribution is 6.30. The molecule has 1 aromatic carbocycles. The second-order valence-corrected chi connectivity index (χ2v) is 7.41. The summed E-state index contributed by atoms with van der Waals surface area (Å²) in [5, 5.41) is 23.5. The summed E-state index contributed by atoms with van der Waals surface area (Å²) in [6.45, 7) is 2.08. The molecule has 0 spiro atoms. The summed E-state index contributed by atoms with van der Waals surface area (Å²) < 4.78 is 0. The molecule has 0 amide bonds. The minimum atomic E-state index is -0.710. The molecular formula is C19H31Cl3N2O. The molecule has 0 radical (unpaired) electrons. The van der Waals surface area contributed by atoms with Gasteiger partial charge in [0.05, 0.1) is 5.60 Å². The van der Waals surface area contributed by atoms with Crippen LogP contribution in [0.2, 0.25) is 5.02 Å². The first kappa shape index (κ1) is 24.7. The Morgan fingerprint density at radius 1 is 1.24 bits per heavy atom. The van der Waals surface area contributed by atoms with Gasteiger partial charge in [-0.2, -0.15) is 0 Å². The normalized spacial score (nSPS) is 18.4. The summed E-state index contributed by atoms with van der Waals surface area (Å²) >= 11 is 6.17. The maximum absolute atomic E-state index is 11.3. The third-order valence-electron chi connectivity index (χ3n) is 5.11. The van der Waals surface area contributed by atoms with Crippen molar-refractivity contribution in [2.45, 2.75) is 69.4 Å². The lowest BCUT2D eigenvalue weighted by Gasteiger charge is -2.40. The van der Waals surface area contributed by atoms with E-state index in [1.165, 1.54) is 6.42 Å². The minimum Gasteiger partial charge on any atom is -0.389 e. The summed E-state index contributed by atoms with van der Waals surface area (Å²) in [6.07, 6.45) is 6.27. The van der Waals surface area contributed by atoms with E-state index in [0.29, 0.717) is 23.6 Å². The van der Waals surface area contributed by atoms with Crippen LogP contribution in [0.15, 0.2) is 24.3 Å². The molecule has 6 heteroatoms. The SMILES string of the molecule is CN[C@@H](C)CC(=N)CC(c1cccc(Cl)c1)C1(O)CCCCC1.Cl.Cl. The molecule has 0 heterocycles. The first-order chi connectivity index (χ1) is 10.9. The number of aliphatic hydroxyl groups is 1. The average molecular weight is 410 g/mol. The van der Waals surface area contributed by atoms with Gasteiger partial charge in [-0.3, -0.25) is 0 Å². The van der Waals surface area contributed by atoms with E-state index in [2.05, 4.69) is 12.2 Å². The zero-order chi connectivity index (χ0) is 16.9. The molecule has 0 saturated heterocycles. The summed E-state index contributed by atoms with van der Waals surface area (Å²) in [6, 6.07) is 8.08. The van der Waals surface area contributed by atoms with Crippen LogP contribution in [-0.4, -0.2) is 29.5 Å². The van der Waals surface area contributed by atoms with Gasteiger partial charge in [-0.1, -0.05) is 43.0 Å². The lowest BCUT2D eigenvalue weighted by Crippen LogP contribution is -2.40. The highest BCUT2D eigenvalue weighted by Crippen LogP contribution is 2.42.